The number of carboxylic acid groups (broad SMARTS) is 1. The standard InChI is InChI=1S/C22H36O4/c1-2-3-4-5-6-7-8-9-12-15-18-21(26-25)19-16-13-10-11-14-17-20-22(23)24/h10-11,13-14,16-17,19-21,25H,2-9,12,15,18H2,1H3,(H,23,24). The summed E-state index contributed by atoms with van der Waals surface area (Å²) in [5.74, 6) is -0.964. The first-order valence-corrected chi connectivity index (χ1v) is 9.92. The molecule has 4 nitrogen and oxygen atoms in total. The zero-order valence-electron chi connectivity index (χ0n) is 16.2. The highest BCUT2D eigenvalue weighted by Gasteiger charge is 2.03. The topological polar surface area (TPSA) is 66.8 Å². The first kappa shape index (κ1) is 24.4. The molecule has 0 rings (SSSR count). The molecular formula is C22H36O4. The van der Waals surface area contributed by atoms with Crippen molar-refractivity contribution in [3.8, 4) is 0 Å². The van der Waals surface area contributed by atoms with E-state index < -0.39 is 5.97 Å². The van der Waals surface area contributed by atoms with Crippen LogP contribution in [-0.2, 0) is 9.68 Å². The van der Waals surface area contributed by atoms with E-state index in [1.54, 1.807) is 18.2 Å². The summed E-state index contributed by atoms with van der Waals surface area (Å²) in [5.41, 5.74) is 0. The van der Waals surface area contributed by atoms with E-state index in [1.807, 2.05) is 18.2 Å². The second kappa shape index (κ2) is 19.7. The van der Waals surface area contributed by atoms with Crippen LogP contribution in [0, 0.1) is 0 Å². The third-order valence-corrected chi connectivity index (χ3v) is 4.10. The summed E-state index contributed by atoms with van der Waals surface area (Å²) in [4.78, 5) is 14.8. The van der Waals surface area contributed by atoms with Crippen LogP contribution >= 0.6 is 0 Å². The fourth-order valence-corrected chi connectivity index (χ4v) is 2.60. The Morgan fingerprint density at radius 1 is 0.808 bits per heavy atom. The molecule has 0 aliphatic rings. The van der Waals surface area contributed by atoms with E-state index in [-0.39, 0.29) is 6.10 Å². The smallest absolute Gasteiger partial charge is 0.328 e. The maximum atomic E-state index is 10.3. The molecule has 2 N–H and O–H groups in total. The molecular weight excluding hydrogens is 328 g/mol. The number of allylic oxidation sites excluding steroid dienone is 6. The Hall–Kier alpha value is -1.65. The molecule has 4 heteroatoms. The Morgan fingerprint density at radius 2 is 1.31 bits per heavy atom. The quantitative estimate of drug-likeness (QED) is 0.102. The Labute approximate surface area is 158 Å². The second-order valence-corrected chi connectivity index (χ2v) is 6.47. The van der Waals surface area contributed by atoms with Crippen LogP contribution in [0.1, 0.15) is 77.6 Å². The van der Waals surface area contributed by atoms with Gasteiger partial charge in [0, 0.05) is 6.08 Å². The molecule has 26 heavy (non-hydrogen) atoms. The van der Waals surface area contributed by atoms with Gasteiger partial charge in [0.05, 0.1) is 0 Å². The highest BCUT2D eigenvalue weighted by molar-refractivity contribution is 5.80. The molecule has 0 aromatic heterocycles. The third kappa shape index (κ3) is 18.7. The van der Waals surface area contributed by atoms with Crippen LogP contribution in [0.4, 0.5) is 0 Å². The number of hydrogen-bond donors (Lipinski definition) is 2. The van der Waals surface area contributed by atoms with E-state index in [1.165, 1.54) is 63.9 Å². The molecule has 0 saturated carbocycles. The van der Waals surface area contributed by atoms with Gasteiger partial charge in [0.15, 0.2) is 0 Å². The van der Waals surface area contributed by atoms with E-state index in [2.05, 4.69) is 11.8 Å². The number of carboxylic acids is 1. The zero-order chi connectivity index (χ0) is 19.3. The van der Waals surface area contributed by atoms with Crippen molar-refractivity contribution in [2.75, 3.05) is 0 Å². The number of unbranched alkanes of at least 4 members (excludes halogenated alkanes) is 9. The molecule has 0 amide bonds. The molecule has 1 atom stereocenters. The summed E-state index contributed by atoms with van der Waals surface area (Å²) in [6.07, 6.45) is 26.6. The molecule has 0 aliphatic carbocycles. The van der Waals surface area contributed by atoms with Crippen LogP contribution in [0.15, 0.2) is 48.6 Å². The lowest BCUT2D eigenvalue weighted by molar-refractivity contribution is -0.267. The van der Waals surface area contributed by atoms with E-state index >= 15 is 0 Å². The van der Waals surface area contributed by atoms with E-state index in [0.717, 1.165) is 18.9 Å². The molecule has 0 saturated heterocycles. The van der Waals surface area contributed by atoms with Crippen LogP contribution in [0.3, 0.4) is 0 Å². The maximum Gasteiger partial charge on any atom is 0.328 e. The molecule has 0 aromatic carbocycles. The average molecular weight is 365 g/mol. The Balaban J connectivity index is 3.68. The van der Waals surface area contributed by atoms with E-state index in [9.17, 15) is 4.79 Å². The molecule has 0 spiro atoms. The van der Waals surface area contributed by atoms with Gasteiger partial charge in [0.1, 0.15) is 6.10 Å². The highest BCUT2D eigenvalue weighted by atomic mass is 17.1. The number of aliphatic carboxylic acids is 1. The monoisotopic (exact) mass is 364 g/mol. The summed E-state index contributed by atoms with van der Waals surface area (Å²) >= 11 is 0. The van der Waals surface area contributed by atoms with Gasteiger partial charge < -0.3 is 5.11 Å². The van der Waals surface area contributed by atoms with Gasteiger partial charge in [-0.05, 0) is 6.42 Å². The third-order valence-electron chi connectivity index (χ3n) is 4.10. The van der Waals surface area contributed by atoms with Crippen molar-refractivity contribution in [3.63, 3.8) is 0 Å². The number of rotatable bonds is 17. The average Bonchev–Trinajstić information content (AvgIpc) is 2.63. The van der Waals surface area contributed by atoms with Crippen LogP contribution in [-0.4, -0.2) is 22.4 Å². The highest BCUT2D eigenvalue weighted by Crippen LogP contribution is 2.13. The van der Waals surface area contributed by atoms with Crippen molar-refractivity contribution in [2.24, 2.45) is 0 Å². The molecule has 0 aliphatic heterocycles. The fraction of sp³-hybridized carbons (Fsp3) is 0.591. The minimum Gasteiger partial charge on any atom is -0.478 e. The van der Waals surface area contributed by atoms with Crippen molar-refractivity contribution in [1.82, 2.24) is 0 Å². The van der Waals surface area contributed by atoms with Gasteiger partial charge in [0.2, 0.25) is 0 Å². The lowest BCUT2D eigenvalue weighted by Gasteiger charge is -2.08. The Morgan fingerprint density at radius 3 is 1.85 bits per heavy atom. The first-order chi connectivity index (χ1) is 12.7. The molecule has 0 bridgehead atoms. The van der Waals surface area contributed by atoms with Gasteiger partial charge in [-0.1, -0.05) is 114 Å². The minimum absolute atomic E-state index is 0.274. The summed E-state index contributed by atoms with van der Waals surface area (Å²) in [6, 6.07) is 0. The van der Waals surface area contributed by atoms with Gasteiger partial charge in [-0.2, -0.15) is 0 Å². The maximum absolute atomic E-state index is 10.3. The normalized spacial score (nSPS) is 13.6. The van der Waals surface area contributed by atoms with E-state index in [4.69, 9.17) is 10.4 Å². The van der Waals surface area contributed by atoms with Gasteiger partial charge in [-0.15, -0.1) is 0 Å². The molecule has 0 radical (unpaired) electrons. The number of carbonyl (C=O) groups is 1. The van der Waals surface area contributed by atoms with Gasteiger partial charge in [0.25, 0.3) is 0 Å². The number of hydrogen-bond acceptors (Lipinski definition) is 3. The van der Waals surface area contributed by atoms with Gasteiger partial charge in [-0.3, -0.25) is 5.26 Å². The van der Waals surface area contributed by atoms with Crippen LogP contribution in [0.25, 0.3) is 0 Å². The van der Waals surface area contributed by atoms with Gasteiger partial charge >= 0.3 is 5.97 Å². The lowest BCUT2D eigenvalue weighted by Crippen LogP contribution is -2.06. The fourth-order valence-electron chi connectivity index (χ4n) is 2.60. The lowest BCUT2D eigenvalue weighted by atomic mass is 10.0. The van der Waals surface area contributed by atoms with Crippen molar-refractivity contribution >= 4 is 5.97 Å². The zero-order valence-corrected chi connectivity index (χ0v) is 16.2. The predicted octanol–water partition coefficient (Wildman–Crippen LogP) is 6.47. The minimum atomic E-state index is -0.964. The van der Waals surface area contributed by atoms with Crippen molar-refractivity contribution in [3.05, 3.63) is 48.6 Å². The van der Waals surface area contributed by atoms with Crippen LogP contribution in [0.5, 0.6) is 0 Å². The van der Waals surface area contributed by atoms with Crippen molar-refractivity contribution in [1.29, 1.82) is 0 Å². The van der Waals surface area contributed by atoms with Crippen molar-refractivity contribution < 1.29 is 20.0 Å². The first-order valence-electron chi connectivity index (χ1n) is 9.92. The molecule has 0 aromatic rings. The molecule has 0 heterocycles. The molecule has 1 unspecified atom stereocenters. The molecule has 148 valence electrons. The van der Waals surface area contributed by atoms with Crippen molar-refractivity contribution in [2.45, 2.75) is 83.7 Å². The SMILES string of the molecule is CCCCCCCCCCCCC(C=CC=CC=CC=CC(=O)O)OO. The largest absolute Gasteiger partial charge is 0.478 e. The summed E-state index contributed by atoms with van der Waals surface area (Å²) in [5, 5.41) is 17.4. The second-order valence-electron chi connectivity index (χ2n) is 6.47. The summed E-state index contributed by atoms with van der Waals surface area (Å²) in [7, 11) is 0. The Kier molecular flexibility index (Phi) is 18.4. The van der Waals surface area contributed by atoms with E-state index in [0.29, 0.717) is 0 Å². The summed E-state index contributed by atoms with van der Waals surface area (Å²) < 4.78 is 0. The Bertz CT molecular complexity index is 435. The summed E-state index contributed by atoms with van der Waals surface area (Å²) in [6.45, 7) is 2.24. The van der Waals surface area contributed by atoms with Crippen LogP contribution < -0.4 is 0 Å². The molecule has 0 fully saturated rings. The predicted molar refractivity (Wildman–Crippen MR) is 108 cm³/mol. The van der Waals surface area contributed by atoms with Gasteiger partial charge in [-0.25, -0.2) is 9.68 Å². The van der Waals surface area contributed by atoms with Crippen LogP contribution in [0.2, 0.25) is 0 Å².